The number of carbonyl (C=O) groups is 2. The van der Waals surface area contributed by atoms with E-state index in [1.807, 2.05) is 0 Å². The molecule has 0 aromatic rings. The number of piperazine rings is 1. The van der Waals surface area contributed by atoms with Gasteiger partial charge in [0.1, 0.15) is 0 Å². The van der Waals surface area contributed by atoms with Crippen LogP contribution in [-0.2, 0) is 19.4 Å². The molecule has 0 bridgehead atoms. The Morgan fingerprint density at radius 3 is 2.47 bits per heavy atom. The molecule has 2 aliphatic rings. The first-order valence-electron chi connectivity index (χ1n) is 5.30. The number of rotatable bonds is 2. The molecular weight excluding hydrogens is 248 g/mol. The van der Waals surface area contributed by atoms with Gasteiger partial charge in [-0.25, -0.2) is 8.42 Å². The van der Waals surface area contributed by atoms with E-state index < -0.39 is 22.0 Å². The SMILES string of the molecule is O=CN1CCN([C@@H]2CS(=O)(=O)C[C@H]2O)C(=O)C1. The first kappa shape index (κ1) is 12.3. The van der Waals surface area contributed by atoms with Gasteiger partial charge in [-0.05, 0) is 0 Å². The Kier molecular flexibility index (Phi) is 3.09. The van der Waals surface area contributed by atoms with E-state index in [1.54, 1.807) is 0 Å². The highest BCUT2D eigenvalue weighted by atomic mass is 32.2. The Morgan fingerprint density at radius 1 is 1.29 bits per heavy atom. The van der Waals surface area contributed by atoms with Gasteiger partial charge < -0.3 is 14.9 Å². The second-order valence-corrected chi connectivity index (χ2v) is 6.53. The van der Waals surface area contributed by atoms with E-state index in [9.17, 15) is 23.1 Å². The summed E-state index contributed by atoms with van der Waals surface area (Å²) in [6.07, 6.45) is -0.427. The fourth-order valence-electron chi connectivity index (χ4n) is 2.25. The minimum Gasteiger partial charge on any atom is -0.390 e. The molecule has 2 heterocycles. The molecule has 2 saturated heterocycles. The summed E-state index contributed by atoms with van der Waals surface area (Å²) < 4.78 is 22.7. The lowest BCUT2D eigenvalue weighted by atomic mass is 10.1. The largest absolute Gasteiger partial charge is 0.390 e. The third-order valence-corrected chi connectivity index (χ3v) is 4.83. The second kappa shape index (κ2) is 4.26. The first-order chi connectivity index (χ1) is 7.93. The van der Waals surface area contributed by atoms with Crippen molar-refractivity contribution < 1.29 is 23.1 Å². The van der Waals surface area contributed by atoms with Crippen molar-refractivity contribution in [2.45, 2.75) is 12.1 Å². The van der Waals surface area contributed by atoms with Gasteiger partial charge in [0.25, 0.3) is 0 Å². The standard InChI is InChI=1S/C9H14N2O5S/c12-6-10-1-2-11(9(14)3-10)7-4-17(15,16)5-8(7)13/h6-8,13H,1-5H2/t7-,8-/m1/s1. The quantitative estimate of drug-likeness (QED) is 0.553. The van der Waals surface area contributed by atoms with Crippen molar-refractivity contribution in [3.8, 4) is 0 Å². The first-order valence-corrected chi connectivity index (χ1v) is 7.12. The number of amides is 2. The molecule has 2 amide bonds. The molecule has 8 heteroatoms. The Hall–Kier alpha value is -1.15. The smallest absolute Gasteiger partial charge is 0.242 e. The van der Waals surface area contributed by atoms with Crippen LogP contribution in [0.15, 0.2) is 0 Å². The number of hydrogen-bond donors (Lipinski definition) is 1. The van der Waals surface area contributed by atoms with Gasteiger partial charge in [0.2, 0.25) is 12.3 Å². The topological polar surface area (TPSA) is 95.0 Å². The number of nitrogens with zero attached hydrogens (tertiary/aromatic N) is 2. The van der Waals surface area contributed by atoms with Gasteiger partial charge >= 0.3 is 0 Å². The lowest BCUT2D eigenvalue weighted by molar-refractivity contribution is -0.143. The van der Waals surface area contributed by atoms with Crippen LogP contribution < -0.4 is 0 Å². The van der Waals surface area contributed by atoms with Crippen LogP contribution in [0.2, 0.25) is 0 Å². The van der Waals surface area contributed by atoms with Crippen LogP contribution in [0, 0.1) is 0 Å². The highest BCUT2D eigenvalue weighted by Gasteiger charge is 2.42. The molecule has 96 valence electrons. The summed E-state index contributed by atoms with van der Waals surface area (Å²) in [7, 11) is -3.26. The van der Waals surface area contributed by atoms with E-state index in [0.717, 1.165) is 0 Å². The molecule has 1 N–H and O–H groups in total. The maximum atomic E-state index is 11.7. The molecule has 7 nitrogen and oxygen atoms in total. The molecule has 0 radical (unpaired) electrons. The summed E-state index contributed by atoms with van der Waals surface area (Å²) in [5.74, 6) is -0.802. The van der Waals surface area contributed by atoms with E-state index in [2.05, 4.69) is 0 Å². The average Bonchev–Trinajstić information content (AvgIpc) is 2.52. The van der Waals surface area contributed by atoms with Gasteiger partial charge in [-0.2, -0.15) is 0 Å². The molecule has 0 aromatic heterocycles. The zero-order valence-electron chi connectivity index (χ0n) is 9.15. The normalized spacial score (nSPS) is 32.9. The maximum absolute atomic E-state index is 11.7. The molecule has 0 spiro atoms. The van der Waals surface area contributed by atoms with Crippen LogP contribution in [0.5, 0.6) is 0 Å². The lowest BCUT2D eigenvalue weighted by Gasteiger charge is -2.36. The Morgan fingerprint density at radius 2 is 2.00 bits per heavy atom. The van der Waals surface area contributed by atoms with Gasteiger partial charge in [-0.1, -0.05) is 0 Å². The average molecular weight is 262 g/mol. The Bertz CT molecular complexity index is 435. The number of aliphatic hydroxyl groups excluding tert-OH is 1. The van der Waals surface area contributed by atoms with Crippen molar-refractivity contribution in [3.63, 3.8) is 0 Å². The Labute approximate surface area is 98.9 Å². The van der Waals surface area contributed by atoms with Gasteiger partial charge in [0, 0.05) is 13.1 Å². The van der Waals surface area contributed by atoms with E-state index in [4.69, 9.17) is 0 Å². The summed E-state index contributed by atoms with van der Waals surface area (Å²) in [6, 6.07) is -0.665. The van der Waals surface area contributed by atoms with Crippen LogP contribution in [0.25, 0.3) is 0 Å². The van der Waals surface area contributed by atoms with Crippen molar-refractivity contribution in [1.82, 2.24) is 9.80 Å². The highest BCUT2D eigenvalue weighted by Crippen LogP contribution is 2.20. The zero-order chi connectivity index (χ0) is 12.6. The van der Waals surface area contributed by atoms with E-state index in [0.29, 0.717) is 13.0 Å². The van der Waals surface area contributed by atoms with Crippen LogP contribution in [0.1, 0.15) is 0 Å². The molecule has 0 aliphatic carbocycles. The van der Waals surface area contributed by atoms with Crippen LogP contribution in [0.3, 0.4) is 0 Å². The third kappa shape index (κ3) is 2.42. The van der Waals surface area contributed by atoms with Gasteiger partial charge in [-0.15, -0.1) is 0 Å². The van der Waals surface area contributed by atoms with Gasteiger partial charge in [0.15, 0.2) is 9.84 Å². The molecule has 0 unspecified atom stereocenters. The van der Waals surface area contributed by atoms with Crippen molar-refractivity contribution in [2.24, 2.45) is 0 Å². The zero-order valence-corrected chi connectivity index (χ0v) is 9.97. The summed E-state index contributed by atoms with van der Waals surface area (Å²) >= 11 is 0. The van der Waals surface area contributed by atoms with E-state index in [1.165, 1.54) is 9.80 Å². The maximum Gasteiger partial charge on any atom is 0.242 e. The van der Waals surface area contributed by atoms with Gasteiger partial charge in [0.05, 0.1) is 30.2 Å². The number of carbonyl (C=O) groups excluding carboxylic acids is 2. The number of sulfone groups is 1. The van der Waals surface area contributed by atoms with Crippen LogP contribution in [0.4, 0.5) is 0 Å². The summed E-state index contributed by atoms with van der Waals surface area (Å²) in [6.45, 7) is 0.597. The highest BCUT2D eigenvalue weighted by molar-refractivity contribution is 7.91. The molecule has 0 saturated carbocycles. The Balaban J connectivity index is 2.09. The fraction of sp³-hybridized carbons (Fsp3) is 0.778. The third-order valence-electron chi connectivity index (χ3n) is 3.13. The van der Waals surface area contributed by atoms with Crippen molar-refractivity contribution in [1.29, 1.82) is 0 Å². The van der Waals surface area contributed by atoms with E-state index >= 15 is 0 Å². The minimum atomic E-state index is -3.26. The predicted octanol–water partition coefficient (Wildman–Crippen LogP) is -2.56. The number of hydrogen-bond acceptors (Lipinski definition) is 5. The summed E-state index contributed by atoms with van der Waals surface area (Å²) in [4.78, 5) is 24.9. The molecule has 0 aromatic carbocycles. The molecule has 17 heavy (non-hydrogen) atoms. The van der Waals surface area contributed by atoms with Crippen LogP contribution in [-0.4, -0.2) is 78.9 Å². The molecular formula is C9H14N2O5S. The molecule has 2 atom stereocenters. The summed E-state index contributed by atoms with van der Waals surface area (Å²) in [5, 5.41) is 9.66. The lowest BCUT2D eigenvalue weighted by Crippen LogP contribution is -2.56. The van der Waals surface area contributed by atoms with Crippen LogP contribution >= 0.6 is 0 Å². The monoisotopic (exact) mass is 262 g/mol. The summed E-state index contributed by atoms with van der Waals surface area (Å²) in [5.41, 5.74) is 0. The second-order valence-electron chi connectivity index (χ2n) is 4.37. The molecule has 2 rings (SSSR count). The van der Waals surface area contributed by atoms with Gasteiger partial charge in [-0.3, -0.25) is 9.59 Å². The van der Waals surface area contributed by atoms with Crippen molar-refractivity contribution >= 4 is 22.2 Å². The van der Waals surface area contributed by atoms with E-state index in [-0.39, 0.29) is 30.5 Å². The number of aliphatic hydroxyl groups is 1. The molecule has 2 fully saturated rings. The van der Waals surface area contributed by atoms with Crippen molar-refractivity contribution in [3.05, 3.63) is 0 Å². The predicted molar refractivity (Wildman–Crippen MR) is 57.8 cm³/mol. The molecule has 2 aliphatic heterocycles. The minimum absolute atomic E-state index is 0.0488. The van der Waals surface area contributed by atoms with Crippen molar-refractivity contribution in [2.75, 3.05) is 31.1 Å². The fourth-order valence-corrected chi connectivity index (χ4v) is 4.05.